The molecule has 0 aliphatic carbocycles. The van der Waals surface area contributed by atoms with E-state index in [2.05, 4.69) is 10.6 Å². The molecule has 26 heavy (non-hydrogen) atoms. The van der Waals surface area contributed by atoms with Gasteiger partial charge in [-0.2, -0.15) is 0 Å². The van der Waals surface area contributed by atoms with E-state index in [9.17, 15) is 13.2 Å². The number of para-hydroxylation sites is 1. The van der Waals surface area contributed by atoms with Crippen molar-refractivity contribution in [1.29, 1.82) is 0 Å². The molecular weight excluding hydrogens is 374 g/mol. The SMILES string of the molecule is Cc1cc(S(=O)(=O)N(C)C)cc(NCC(=O)Nc2ccccc2Cl)c1C. The Hall–Kier alpha value is -2.09. The van der Waals surface area contributed by atoms with Crippen LogP contribution >= 0.6 is 11.6 Å². The first-order valence-electron chi connectivity index (χ1n) is 7.95. The summed E-state index contributed by atoms with van der Waals surface area (Å²) in [6, 6.07) is 10.1. The Labute approximate surface area is 159 Å². The molecule has 140 valence electrons. The van der Waals surface area contributed by atoms with Crippen molar-refractivity contribution in [1.82, 2.24) is 4.31 Å². The normalized spacial score (nSPS) is 11.5. The van der Waals surface area contributed by atoms with Crippen LogP contribution in [0.25, 0.3) is 0 Å². The van der Waals surface area contributed by atoms with Crippen LogP contribution in [0.3, 0.4) is 0 Å². The summed E-state index contributed by atoms with van der Waals surface area (Å²) in [6.45, 7) is 3.69. The highest BCUT2D eigenvalue weighted by molar-refractivity contribution is 7.89. The molecule has 0 aromatic heterocycles. The van der Waals surface area contributed by atoms with E-state index in [0.717, 1.165) is 15.4 Å². The van der Waals surface area contributed by atoms with Crippen molar-refractivity contribution in [3.05, 3.63) is 52.5 Å². The van der Waals surface area contributed by atoms with Gasteiger partial charge in [-0.25, -0.2) is 12.7 Å². The summed E-state index contributed by atoms with van der Waals surface area (Å²) in [5.41, 5.74) is 2.83. The third-order valence-corrected chi connectivity index (χ3v) is 6.13. The molecule has 0 fully saturated rings. The first-order chi connectivity index (χ1) is 12.1. The number of hydrogen-bond acceptors (Lipinski definition) is 4. The summed E-state index contributed by atoms with van der Waals surface area (Å²) in [6.07, 6.45) is 0. The minimum Gasteiger partial charge on any atom is -0.376 e. The molecular formula is C18H22ClN3O3S. The summed E-state index contributed by atoms with van der Waals surface area (Å²) >= 11 is 6.03. The van der Waals surface area contributed by atoms with Gasteiger partial charge in [0.1, 0.15) is 0 Å². The second-order valence-electron chi connectivity index (χ2n) is 6.08. The molecule has 0 aliphatic heterocycles. The first kappa shape index (κ1) is 20.2. The molecule has 0 heterocycles. The van der Waals surface area contributed by atoms with E-state index in [4.69, 9.17) is 11.6 Å². The number of amides is 1. The molecule has 2 aromatic rings. The fourth-order valence-electron chi connectivity index (χ4n) is 2.30. The maximum Gasteiger partial charge on any atom is 0.243 e. The lowest BCUT2D eigenvalue weighted by atomic mass is 10.1. The summed E-state index contributed by atoms with van der Waals surface area (Å²) in [7, 11) is -0.594. The number of sulfonamides is 1. The molecule has 0 aliphatic rings. The van der Waals surface area contributed by atoms with Crippen LogP contribution in [0.15, 0.2) is 41.3 Å². The predicted molar refractivity (Wildman–Crippen MR) is 105 cm³/mol. The molecule has 8 heteroatoms. The number of hydrogen-bond donors (Lipinski definition) is 2. The summed E-state index contributed by atoms with van der Waals surface area (Å²) in [5.74, 6) is -0.281. The van der Waals surface area contributed by atoms with Gasteiger partial charge in [0.15, 0.2) is 0 Å². The quantitative estimate of drug-likeness (QED) is 0.786. The van der Waals surface area contributed by atoms with Gasteiger partial charge in [0.05, 0.1) is 22.2 Å². The molecule has 0 unspecified atom stereocenters. The molecule has 2 N–H and O–H groups in total. The standard InChI is InChI=1S/C18H22ClN3O3S/c1-12-9-14(26(24,25)22(3)4)10-17(13(12)2)20-11-18(23)21-16-8-6-5-7-15(16)19/h5-10,20H,11H2,1-4H3,(H,21,23). The van der Waals surface area contributed by atoms with E-state index in [1.807, 2.05) is 13.8 Å². The number of nitrogens with zero attached hydrogens (tertiary/aromatic N) is 1. The monoisotopic (exact) mass is 395 g/mol. The Balaban J connectivity index is 2.18. The Morgan fingerprint density at radius 3 is 2.38 bits per heavy atom. The van der Waals surface area contributed by atoms with Crippen LogP contribution < -0.4 is 10.6 Å². The number of aryl methyl sites for hydroxylation is 1. The number of anilines is 2. The molecule has 6 nitrogen and oxygen atoms in total. The van der Waals surface area contributed by atoms with Crippen molar-refractivity contribution in [3.8, 4) is 0 Å². The van der Waals surface area contributed by atoms with E-state index >= 15 is 0 Å². The molecule has 0 bridgehead atoms. The topological polar surface area (TPSA) is 78.5 Å². The lowest BCUT2D eigenvalue weighted by molar-refractivity contribution is -0.114. The molecule has 0 atom stereocenters. The fourth-order valence-corrected chi connectivity index (χ4v) is 3.50. The average molecular weight is 396 g/mol. The second-order valence-corrected chi connectivity index (χ2v) is 8.64. The first-order valence-corrected chi connectivity index (χ1v) is 9.76. The van der Waals surface area contributed by atoms with E-state index in [-0.39, 0.29) is 17.3 Å². The van der Waals surface area contributed by atoms with Crippen molar-refractivity contribution in [3.63, 3.8) is 0 Å². The number of nitrogens with one attached hydrogen (secondary N) is 2. The van der Waals surface area contributed by atoms with Crippen molar-refractivity contribution in [2.45, 2.75) is 18.7 Å². The Morgan fingerprint density at radius 1 is 1.12 bits per heavy atom. The summed E-state index contributed by atoms with van der Waals surface area (Å²) < 4.78 is 25.9. The molecule has 0 saturated carbocycles. The van der Waals surface area contributed by atoms with Crippen LogP contribution in [0.1, 0.15) is 11.1 Å². The molecule has 0 spiro atoms. The Bertz CT molecular complexity index is 927. The molecule has 1 amide bonds. The zero-order valence-corrected chi connectivity index (χ0v) is 16.7. The molecule has 0 saturated heterocycles. The maximum absolute atomic E-state index is 12.4. The third-order valence-electron chi connectivity index (χ3n) is 4.01. The maximum atomic E-state index is 12.4. The van der Waals surface area contributed by atoms with Gasteiger partial charge in [-0.05, 0) is 49.2 Å². The van der Waals surface area contributed by atoms with E-state index in [1.54, 1.807) is 36.4 Å². The van der Waals surface area contributed by atoms with Gasteiger partial charge in [0.2, 0.25) is 15.9 Å². The summed E-state index contributed by atoms with van der Waals surface area (Å²) in [4.78, 5) is 12.3. The second kappa shape index (κ2) is 8.07. The molecule has 0 radical (unpaired) electrons. The Kier molecular flexibility index (Phi) is 6.28. The molecule has 2 rings (SSSR count). The highest BCUT2D eigenvalue weighted by Crippen LogP contribution is 2.25. The van der Waals surface area contributed by atoms with Crippen LogP contribution in [-0.4, -0.2) is 39.3 Å². The van der Waals surface area contributed by atoms with Crippen molar-refractivity contribution in [2.75, 3.05) is 31.3 Å². The van der Waals surface area contributed by atoms with Gasteiger partial charge in [0.25, 0.3) is 0 Å². The van der Waals surface area contributed by atoms with Crippen LogP contribution in [0.5, 0.6) is 0 Å². The van der Waals surface area contributed by atoms with Crippen molar-refractivity contribution < 1.29 is 13.2 Å². The Morgan fingerprint density at radius 2 is 1.77 bits per heavy atom. The van der Waals surface area contributed by atoms with E-state index < -0.39 is 10.0 Å². The molecule has 2 aromatic carbocycles. The largest absolute Gasteiger partial charge is 0.376 e. The lowest BCUT2D eigenvalue weighted by Gasteiger charge is -2.17. The number of carbonyl (C=O) groups excluding carboxylic acids is 1. The van der Waals surface area contributed by atoms with Crippen molar-refractivity contribution in [2.24, 2.45) is 0 Å². The van der Waals surface area contributed by atoms with Crippen LogP contribution in [-0.2, 0) is 14.8 Å². The van der Waals surface area contributed by atoms with Gasteiger partial charge >= 0.3 is 0 Å². The highest BCUT2D eigenvalue weighted by Gasteiger charge is 2.19. The number of benzene rings is 2. The summed E-state index contributed by atoms with van der Waals surface area (Å²) in [5, 5.41) is 6.18. The number of rotatable bonds is 6. The minimum absolute atomic E-state index is 0.0169. The van der Waals surface area contributed by atoms with Crippen LogP contribution in [0.4, 0.5) is 11.4 Å². The number of halogens is 1. The highest BCUT2D eigenvalue weighted by atomic mass is 35.5. The van der Waals surface area contributed by atoms with Crippen LogP contribution in [0, 0.1) is 13.8 Å². The van der Waals surface area contributed by atoms with E-state index in [0.29, 0.717) is 16.4 Å². The average Bonchev–Trinajstić information content (AvgIpc) is 2.57. The lowest BCUT2D eigenvalue weighted by Crippen LogP contribution is -2.24. The van der Waals surface area contributed by atoms with Crippen LogP contribution in [0.2, 0.25) is 5.02 Å². The zero-order chi connectivity index (χ0) is 19.5. The zero-order valence-electron chi connectivity index (χ0n) is 15.1. The fraction of sp³-hybridized carbons (Fsp3) is 0.278. The van der Waals surface area contributed by atoms with E-state index in [1.165, 1.54) is 14.1 Å². The van der Waals surface area contributed by atoms with Crippen molar-refractivity contribution >= 4 is 38.9 Å². The minimum atomic E-state index is -3.56. The van der Waals surface area contributed by atoms with Gasteiger partial charge in [-0.15, -0.1) is 0 Å². The van der Waals surface area contributed by atoms with Gasteiger partial charge < -0.3 is 10.6 Å². The van der Waals surface area contributed by atoms with Gasteiger partial charge in [-0.1, -0.05) is 23.7 Å². The van der Waals surface area contributed by atoms with Gasteiger partial charge in [-0.3, -0.25) is 4.79 Å². The van der Waals surface area contributed by atoms with Gasteiger partial charge in [0, 0.05) is 19.8 Å². The number of carbonyl (C=O) groups is 1. The predicted octanol–water partition coefficient (Wildman–Crippen LogP) is 3.26. The smallest absolute Gasteiger partial charge is 0.243 e. The third kappa shape index (κ3) is 4.55.